The number of aromatic hydroxyl groups is 1. The minimum atomic E-state index is -0.523. The van der Waals surface area contributed by atoms with Gasteiger partial charge in [0.2, 0.25) is 0 Å². The number of nitrogens with zero attached hydrogens (tertiary/aromatic N) is 2. The maximum absolute atomic E-state index is 13.6. The summed E-state index contributed by atoms with van der Waals surface area (Å²) >= 11 is 0. The minimum absolute atomic E-state index is 0.00113. The van der Waals surface area contributed by atoms with Gasteiger partial charge in [-0.15, -0.1) is 0 Å². The highest BCUT2D eigenvalue weighted by molar-refractivity contribution is 5.50. The molecule has 3 rings (SSSR count). The molecule has 0 fully saturated rings. The van der Waals surface area contributed by atoms with Crippen LogP contribution in [0.3, 0.4) is 0 Å². The average molecular weight is 406 g/mol. The van der Waals surface area contributed by atoms with Crippen molar-refractivity contribution in [2.45, 2.75) is 67.7 Å². The zero-order valence-electron chi connectivity index (χ0n) is 19.6. The van der Waals surface area contributed by atoms with Crippen LogP contribution in [-0.4, -0.2) is 9.67 Å². The van der Waals surface area contributed by atoms with Gasteiger partial charge in [0, 0.05) is 5.41 Å². The number of aromatic nitrogens is 2. The van der Waals surface area contributed by atoms with Gasteiger partial charge in [-0.1, -0.05) is 56.2 Å². The second-order valence-corrected chi connectivity index (χ2v) is 9.60. The van der Waals surface area contributed by atoms with E-state index in [2.05, 4.69) is 38.1 Å². The smallest absolute Gasteiger partial charge is 0.350 e. The quantitative estimate of drug-likeness (QED) is 0.612. The van der Waals surface area contributed by atoms with Crippen molar-refractivity contribution in [3.05, 3.63) is 79.9 Å². The van der Waals surface area contributed by atoms with Crippen LogP contribution >= 0.6 is 0 Å². The first-order valence-electron chi connectivity index (χ1n) is 10.4. The van der Waals surface area contributed by atoms with Crippen LogP contribution < -0.4 is 10.1 Å². The topological polar surface area (TPSA) is 46.1 Å². The van der Waals surface area contributed by atoms with Gasteiger partial charge in [-0.2, -0.15) is 9.13 Å². The molecule has 0 amide bonds. The van der Waals surface area contributed by atoms with Gasteiger partial charge in [-0.25, -0.2) is 4.79 Å². The predicted molar refractivity (Wildman–Crippen MR) is 122 cm³/mol. The molecule has 0 radical (unpaired) electrons. The molecular formula is C26H33N2O2+. The molecule has 0 aliphatic rings. The molecule has 0 aliphatic carbocycles. The minimum Gasteiger partial charge on any atom is -0.477 e. The Morgan fingerprint density at radius 3 is 1.67 bits per heavy atom. The van der Waals surface area contributed by atoms with Crippen LogP contribution in [0, 0.1) is 41.5 Å². The number of rotatable bonds is 2. The lowest BCUT2D eigenvalue weighted by atomic mass is 9.88. The molecule has 30 heavy (non-hydrogen) atoms. The molecule has 1 N–H and O–H groups in total. The summed E-state index contributed by atoms with van der Waals surface area (Å²) in [5.41, 5.74) is 7.96. The summed E-state index contributed by atoms with van der Waals surface area (Å²) in [5.74, 6) is 0.00113. The van der Waals surface area contributed by atoms with Crippen molar-refractivity contribution in [3.8, 4) is 17.3 Å². The van der Waals surface area contributed by atoms with Crippen LogP contribution in [-0.2, 0) is 5.41 Å². The maximum Gasteiger partial charge on any atom is 0.350 e. The van der Waals surface area contributed by atoms with E-state index in [9.17, 15) is 9.90 Å². The molecule has 0 spiro atoms. The molecule has 4 nitrogen and oxygen atoms in total. The van der Waals surface area contributed by atoms with E-state index in [1.165, 1.54) is 5.56 Å². The Hall–Kier alpha value is -2.88. The third kappa shape index (κ3) is 3.67. The molecule has 3 aromatic rings. The molecule has 0 saturated heterocycles. The number of hydrogen-bond acceptors (Lipinski definition) is 2. The van der Waals surface area contributed by atoms with E-state index in [1.807, 2.05) is 48.5 Å². The monoisotopic (exact) mass is 405 g/mol. The van der Waals surface area contributed by atoms with E-state index in [0.717, 1.165) is 39.2 Å². The molecule has 1 aromatic heterocycles. The van der Waals surface area contributed by atoms with Gasteiger partial charge >= 0.3 is 5.56 Å². The highest BCUT2D eigenvalue weighted by Crippen LogP contribution is 2.28. The van der Waals surface area contributed by atoms with Gasteiger partial charge in [0.1, 0.15) is 16.9 Å². The fraction of sp³-hybridized carbons (Fsp3) is 0.385. The van der Waals surface area contributed by atoms with Crippen molar-refractivity contribution >= 4 is 0 Å². The van der Waals surface area contributed by atoms with E-state index in [1.54, 1.807) is 15.5 Å². The molecule has 2 aromatic carbocycles. The highest BCUT2D eigenvalue weighted by Gasteiger charge is 2.33. The summed E-state index contributed by atoms with van der Waals surface area (Å²) in [6.45, 7) is 18.1. The lowest BCUT2D eigenvalue weighted by Gasteiger charge is -2.21. The van der Waals surface area contributed by atoms with Crippen molar-refractivity contribution in [2.75, 3.05) is 0 Å². The lowest BCUT2D eigenvalue weighted by Crippen LogP contribution is -2.43. The first kappa shape index (κ1) is 21.8. The van der Waals surface area contributed by atoms with E-state index in [-0.39, 0.29) is 11.4 Å². The summed E-state index contributed by atoms with van der Waals surface area (Å²) in [6, 6.07) is 8.38. The Labute approximate surface area is 179 Å². The van der Waals surface area contributed by atoms with Crippen molar-refractivity contribution in [1.82, 2.24) is 4.57 Å². The molecule has 4 heteroatoms. The Bertz CT molecular complexity index is 1160. The molecule has 0 atom stereocenters. The largest absolute Gasteiger partial charge is 0.477 e. The van der Waals surface area contributed by atoms with Crippen molar-refractivity contribution in [3.63, 3.8) is 0 Å². The molecule has 158 valence electrons. The van der Waals surface area contributed by atoms with Gasteiger partial charge < -0.3 is 5.11 Å². The zero-order valence-corrected chi connectivity index (χ0v) is 19.6. The SMILES string of the molecule is Cc1cc(C)c(-n2c[n+](-c3c(C)cc(C)cc3C)c(O)c(C(C)(C)C)c2=O)c(C)c1. The Morgan fingerprint density at radius 1 is 0.800 bits per heavy atom. The maximum atomic E-state index is 13.6. The first-order chi connectivity index (χ1) is 13.8. The summed E-state index contributed by atoms with van der Waals surface area (Å²) in [4.78, 5) is 13.6. The molecule has 0 saturated carbocycles. The zero-order chi connectivity index (χ0) is 22.5. The Kier molecular flexibility index (Phi) is 5.40. The van der Waals surface area contributed by atoms with E-state index in [4.69, 9.17) is 0 Å². The van der Waals surface area contributed by atoms with Crippen LogP contribution in [0.15, 0.2) is 35.4 Å². The van der Waals surface area contributed by atoms with Crippen LogP contribution in [0.5, 0.6) is 5.88 Å². The second-order valence-electron chi connectivity index (χ2n) is 9.60. The molecule has 1 heterocycles. The number of aryl methyl sites for hydroxylation is 6. The molecule has 0 bridgehead atoms. The van der Waals surface area contributed by atoms with Crippen molar-refractivity contribution < 1.29 is 9.67 Å². The number of hydrogen-bond donors (Lipinski definition) is 1. The summed E-state index contributed by atoms with van der Waals surface area (Å²) < 4.78 is 3.47. The van der Waals surface area contributed by atoms with Crippen LogP contribution in [0.4, 0.5) is 0 Å². The Balaban J connectivity index is 2.52. The normalized spacial score (nSPS) is 11.8. The fourth-order valence-corrected chi connectivity index (χ4v) is 4.64. The van der Waals surface area contributed by atoms with Crippen LogP contribution in [0.1, 0.15) is 59.7 Å². The van der Waals surface area contributed by atoms with E-state index in [0.29, 0.717) is 5.56 Å². The van der Waals surface area contributed by atoms with Crippen molar-refractivity contribution in [1.29, 1.82) is 0 Å². The average Bonchev–Trinajstić information content (AvgIpc) is 2.55. The predicted octanol–water partition coefficient (Wildman–Crippen LogP) is 4.97. The lowest BCUT2D eigenvalue weighted by molar-refractivity contribution is -0.610. The van der Waals surface area contributed by atoms with E-state index < -0.39 is 5.41 Å². The fourth-order valence-electron chi connectivity index (χ4n) is 4.64. The first-order valence-corrected chi connectivity index (χ1v) is 10.4. The summed E-state index contributed by atoms with van der Waals surface area (Å²) in [7, 11) is 0. The van der Waals surface area contributed by atoms with Crippen LogP contribution in [0.25, 0.3) is 11.4 Å². The van der Waals surface area contributed by atoms with Gasteiger partial charge in [0.15, 0.2) is 0 Å². The van der Waals surface area contributed by atoms with Crippen LogP contribution in [0.2, 0.25) is 0 Å². The third-order valence-corrected chi connectivity index (χ3v) is 5.62. The van der Waals surface area contributed by atoms with Gasteiger partial charge in [0.25, 0.3) is 12.2 Å². The summed E-state index contributed by atoms with van der Waals surface area (Å²) in [5, 5.41) is 11.3. The molecule has 0 aliphatic heterocycles. The second kappa shape index (κ2) is 7.42. The standard InChI is InChI=1S/C26H32N2O2/c1-15-10-17(3)22(18(4)11-15)27-14-28(23-19(5)12-16(2)13-20(23)6)25(30)21(24(27)29)26(7,8)9/h10-14H,1-9H3/p+1. The van der Waals surface area contributed by atoms with Gasteiger partial charge in [-0.3, -0.25) is 0 Å². The van der Waals surface area contributed by atoms with Crippen molar-refractivity contribution in [2.24, 2.45) is 0 Å². The highest BCUT2D eigenvalue weighted by atomic mass is 16.3. The summed E-state index contributed by atoms with van der Waals surface area (Å²) in [6.07, 6.45) is 1.74. The number of benzene rings is 2. The molecule has 0 unspecified atom stereocenters. The third-order valence-electron chi connectivity index (χ3n) is 5.62. The van der Waals surface area contributed by atoms with Gasteiger partial charge in [0.05, 0.1) is 0 Å². The van der Waals surface area contributed by atoms with Gasteiger partial charge in [-0.05, 0) is 63.8 Å². The molecular weight excluding hydrogens is 372 g/mol. The van der Waals surface area contributed by atoms with E-state index >= 15 is 0 Å². The Morgan fingerprint density at radius 2 is 1.23 bits per heavy atom.